The summed E-state index contributed by atoms with van der Waals surface area (Å²) in [5.41, 5.74) is 8.17. The molecule has 3 N–H and O–H groups in total. The second-order valence-electron chi connectivity index (χ2n) is 4.13. The molecule has 2 rings (SSSR count). The summed E-state index contributed by atoms with van der Waals surface area (Å²) in [6.45, 7) is 4.39. The predicted octanol–water partition coefficient (Wildman–Crippen LogP) is 2.42. The zero-order valence-corrected chi connectivity index (χ0v) is 9.94. The first-order valence-electron chi connectivity index (χ1n) is 5.49. The van der Waals surface area contributed by atoms with E-state index < -0.39 is 0 Å². The van der Waals surface area contributed by atoms with E-state index in [0.717, 1.165) is 12.2 Å². The summed E-state index contributed by atoms with van der Waals surface area (Å²) in [4.78, 5) is 1.24. The third-order valence-electron chi connectivity index (χ3n) is 2.71. The normalized spacial score (nSPS) is 21.5. The van der Waals surface area contributed by atoms with E-state index in [-0.39, 0.29) is 0 Å². The van der Waals surface area contributed by atoms with Crippen molar-refractivity contribution in [3.8, 4) is 0 Å². The van der Waals surface area contributed by atoms with Gasteiger partial charge in [0.15, 0.2) is 0 Å². The molecule has 0 aliphatic carbocycles. The van der Waals surface area contributed by atoms with Gasteiger partial charge in [0, 0.05) is 22.4 Å². The highest BCUT2D eigenvalue weighted by atomic mass is 32.2. The Morgan fingerprint density at radius 3 is 3.07 bits per heavy atom. The Balaban J connectivity index is 2.05. The van der Waals surface area contributed by atoms with Crippen LogP contribution in [0.4, 0.5) is 5.69 Å². The van der Waals surface area contributed by atoms with Gasteiger partial charge in [0.1, 0.15) is 0 Å². The van der Waals surface area contributed by atoms with E-state index >= 15 is 0 Å². The largest absolute Gasteiger partial charge is 0.398 e. The van der Waals surface area contributed by atoms with E-state index in [9.17, 15) is 0 Å². The van der Waals surface area contributed by atoms with Crippen molar-refractivity contribution in [3.05, 3.63) is 23.8 Å². The van der Waals surface area contributed by atoms with Crippen LogP contribution in [0, 0.1) is 6.92 Å². The lowest BCUT2D eigenvalue weighted by molar-refractivity contribution is 0.531. The van der Waals surface area contributed by atoms with E-state index in [2.05, 4.69) is 24.4 Å². The minimum Gasteiger partial charge on any atom is -0.398 e. The maximum Gasteiger partial charge on any atom is 0.0452 e. The van der Waals surface area contributed by atoms with Crippen LogP contribution in [0.1, 0.15) is 18.4 Å². The van der Waals surface area contributed by atoms with Gasteiger partial charge in [0.05, 0.1) is 0 Å². The zero-order valence-electron chi connectivity index (χ0n) is 9.12. The summed E-state index contributed by atoms with van der Waals surface area (Å²) < 4.78 is 0. The number of rotatable bonds is 2. The Kier molecular flexibility index (Phi) is 3.54. The van der Waals surface area contributed by atoms with Crippen LogP contribution in [-0.2, 0) is 0 Å². The Bertz CT molecular complexity index is 332. The number of benzene rings is 1. The van der Waals surface area contributed by atoms with Gasteiger partial charge in [0.25, 0.3) is 0 Å². The topological polar surface area (TPSA) is 38.0 Å². The second kappa shape index (κ2) is 4.90. The smallest absolute Gasteiger partial charge is 0.0452 e. The first kappa shape index (κ1) is 10.8. The Morgan fingerprint density at radius 1 is 1.47 bits per heavy atom. The van der Waals surface area contributed by atoms with Crippen molar-refractivity contribution < 1.29 is 0 Å². The average Bonchev–Trinajstić information content (AvgIpc) is 2.25. The van der Waals surface area contributed by atoms with E-state index in [0.29, 0.717) is 5.25 Å². The number of thioether (sulfide) groups is 1. The molecule has 1 unspecified atom stereocenters. The van der Waals surface area contributed by atoms with Gasteiger partial charge in [-0.1, -0.05) is 6.07 Å². The van der Waals surface area contributed by atoms with Crippen molar-refractivity contribution in [1.82, 2.24) is 5.32 Å². The first-order valence-corrected chi connectivity index (χ1v) is 6.37. The van der Waals surface area contributed by atoms with Gasteiger partial charge in [-0.3, -0.25) is 0 Å². The lowest BCUT2D eigenvalue weighted by Crippen LogP contribution is -2.31. The van der Waals surface area contributed by atoms with Gasteiger partial charge in [-0.05, 0) is 44.0 Å². The molecule has 1 saturated heterocycles. The quantitative estimate of drug-likeness (QED) is 0.755. The molecule has 0 bridgehead atoms. The average molecular weight is 222 g/mol. The fourth-order valence-corrected chi connectivity index (χ4v) is 3.15. The fraction of sp³-hybridized carbons (Fsp3) is 0.500. The van der Waals surface area contributed by atoms with Crippen LogP contribution in [0.25, 0.3) is 0 Å². The molecular formula is C12H18N2S. The van der Waals surface area contributed by atoms with E-state index in [1.165, 1.54) is 29.8 Å². The third kappa shape index (κ3) is 2.89. The molecule has 1 aromatic rings. The number of aryl methyl sites for hydroxylation is 1. The van der Waals surface area contributed by atoms with Crippen LogP contribution in [-0.4, -0.2) is 18.3 Å². The van der Waals surface area contributed by atoms with Crippen molar-refractivity contribution in [3.63, 3.8) is 0 Å². The SMILES string of the molecule is Cc1ccc(N)c(SC2CCCNC2)c1. The van der Waals surface area contributed by atoms with Gasteiger partial charge in [-0.15, -0.1) is 11.8 Å². The van der Waals surface area contributed by atoms with E-state index in [1.54, 1.807) is 0 Å². The first-order chi connectivity index (χ1) is 7.25. The van der Waals surface area contributed by atoms with E-state index in [4.69, 9.17) is 5.73 Å². The predicted molar refractivity (Wildman–Crippen MR) is 67.3 cm³/mol. The molecule has 1 aromatic carbocycles. The number of anilines is 1. The fourth-order valence-electron chi connectivity index (χ4n) is 1.84. The molecule has 1 aliphatic heterocycles. The molecule has 0 spiro atoms. The number of hydrogen-bond acceptors (Lipinski definition) is 3. The standard InChI is InChI=1S/C12H18N2S/c1-9-4-5-11(13)12(7-9)15-10-3-2-6-14-8-10/h4-5,7,10,14H,2-3,6,8,13H2,1H3. The van der Waals surface area contributed by atoms with Crippen molar-refractivity contribution in [2.75, 3.05) is 18.8 Å². The molecule has 1 heterocycles. The molecule has 1 aliphatic rings. The number of hydrogen-bond donors (Lipinski definition) is 2. The maximum absolute atomic E-state index is 5.97. The second-order valence-corrected chi connectivity index (χ2v) is 5.47. The lowest BCUT2D eigenvalue weighted by atomic mass is 10.2. The highest BCUT2D eigenvalue weighted by Gasteiger charge is 2.15. The summed E-state index contributed by atoms with van der Waals surface area (Å²) in [6, 6.07) is 6.26. The monoisotopic (exact) mass is 222 g/mol. The minimum atomic E-state index is 0.683. The van der Waals surface area contributed by atoms with Gasteiger partial charge < -0.3 is 11.1 Å². The third-order valence-corrected chi connectivity index (χ3v) is 4.06. The Labute approximate surface area is 95.6 Å². The number of nitrogen functional groups attached to an aromatic ring is 1. The number of nitrogens with one attached hydrogen (secondary N) is 1. The molecular weight excluding hydrogens is 204 g/mol. The summed E-state index contributed by atoms with van der Waals surface area (Å²) in [6.07, 6.45) is 2.58. The highest BCUT2D eigenvalue weighted by molar-refractivity contribution is 8.00. The highest BCUT2D eigenvalue weighted by Crippen LogP contribution is 2.32. The van der Waals surface area contributed by atoms with Crippen molar-refractivity contribution in [1.29, 1.82) is 0 Å². The molecule has 15 heavy (non-hydrogen) atoms. The van der Waals surface area contributed by atoms with Crippen LogP contribution in [0.2, 0.25) is 0 Å². The summed E-state index contributed by atoms with van der Waals surface area (Å²) >= 11 is 1.92. The molecule has 1 fully saturated rings. The molecule has 0 amide bonds. The van der Waals surface area contributed by atoms with Crippen molar-refractivity contribution >= 4 is 17.4 Å². The number of nitrogens with two attached hydrogens (primary N) is 1. The van der Waals surface area contributed by atoms with Gasteiger partial charge in [-0.25, -0.2) is 0 Å². The lowest BCUT2D eigenvalue weighted by Gasteiger charge is -2.22. The Hall–Kier alpha value is -0.670. The molecule has 0 aromatic heterocycles. The minimum absolute atomic E-state index is 0.683. The van der Waals surface area contributed by atoms with Crippen molar-refractivity contribution in [2.45, 2.75) is 29.9 Å². The van der Waals surface area contributed by atoms with Crippen LogP contribution in [0.3, 0.4) is 0 Å². The summed E-state index contributed by atoms with van der Waals surface area (Å²) in [7, 11) is 0. The van der Waals surface area contributed by atoms with Crippen LogP contribution < -0.4 is 11.1 Å². The zero-order chi connectivity index (χ0) is 10.7. The van der Waals surface area contributed by atoms with Gasteiger partial charge >= 0.3 is 0 Å². The van der Waals surface area contributed by atoms with Gasteiger partial charge in [-0.2, -0.15) is 0 Å². The maximum atomic E-state index is 5.97. The number of piperidine rings is 1. The molecule has 3 heteroatoms. The van der Waals surface area contributed by atoms with Crippen LogP contribution in [0.5, 0.6) is 0 Å². The molecule has 2 nitrogen and oxygen atoms in total. The van der Waals surface area contributed by atoms with Gasteiger partial charge in [0.2, 0.25) is 0 Å². The summed E-state index contributed by atoms with van der Waals surface area (Å²) in [5, 5.41) is 4.11. The molecule has 0 saturated carbocycles. The summed E-state index contributed by atoms with van der Waals surface area (Å²) in [5.74, 6) is 0. The molecule has 1 atom stereocenters. The van der Waals surface area contributed by atoms with Crippen LogP contribution >= 0.6 is 11.8 Å². The van der Waals surface area contributed by atoms with E-state index in [1.807, 2.05) is 17.8 Å². The van der Waals surface area contributed by atoms with Crippen molar-refractivity contribution in [2.24, 2.45) is 0 Å². The molecule has 0 radical (unpaired) electrons. The van der Waals surface area contributed by atoms with Crippen LogP contribution in [0.15, 0.2) is 23.1 Å². The Morgan fingerprint density at radius 2 is 2.33 bits per heavy atom. The molecule has 82 valence electrons.